The Hall–Kier alpha value is -2.12. The van der Waals surface area contributed by atoms with Crippen LogP contribution in [0.15, 0.2) is 30.3 Å². The van der Waals surface area contributed by atoms with Crippen molar-refractivity contribution in [2.45, 2.75) is 63.2 Å². The van der Waals surface area contributed by atoms with Crippen molar-refractivity contribution < 1.29 is 4.74 Å². The fourth-order valence-electron chi connectivity index (χ4n) is 5.03. The molecule has 4 rings (SSSR count). The van der Waals surface area contributed by atoms with E-state index in [-0.39, 0.29) is 5.41 Å². The number of aromatic nitrogens is 2. The highest BCUT2D eigenvalue weighted by Gasteiger charge is 2.34. The van der Waals surface area contributed by atoms with Gasteiger partial charge in [-0.1, -0.05) is 55.8 Å². The largest absolute Gasteiger partial charge is 0.481 e. The average molecular weight is 488 g/mol. The van der Waals surface area contributed by atoms with Crippen molar-refractivity contribution in [1.82, 2.24) is 15.3 Å². The number of hydrogen-bond donors (Lipinski definition) is 2. The van der Waals surface area contributed by atoms with Crippen LogP contribution in [0.1, 0.15) is 63.4 Å². The summed E-state index contributed by atoms with van der Waals surface area (Å²) in [5, 5.41) is 7.95. The molecule has 6 nitrogen and oxygen atoms in total. The van der Waals surface area contributed by atoms with Gasteiger partial charge in [-0.25, -0.2) is 0 Å². The van der Waals surface area contributed by atoms with Crippen LogP contribution in [0, 0.1) is 0 Å². The fourth-order valence-corrected chi connectivity index (χ4v) is 5.32. The molecule has 1 aromatic carbocycles. The maximum atomic E-state index is 6.14. The number of halogens is 1. The van der Waals surface area contributed by atoms with Crippen LogP contribution >= 0.6 is 23.8 Å². The smallest absolute Gasteiger partial charge is 0.234 e. The molecule has 0 amide bonds. The van der Waals surface area contributed by atoms with E-state index in [1.165, 1.54) is 50.5 Å². The number of ether oxygens (including phenoxy) is 1. The molecule has 2 heterocycles. The van der Waals surface area contributed by atoms with Crippen molar-refractivity contribution in [3.8, 4) is 5.88 Å². The molecule has 0 radical (unpaired) electrons. The molecule has 8 heteroatoms. The van der Waals surface area contributed by atoms with E-state index in [1.54, 1.807) is 7.11 Å². The predicted octanol–water partition coefficient (Wildman–Crippen LogP) is 5.71. The molecule has 1 aliphatic heterocycles. The Kier molecular flexibility index (Phi) is 8.25. The molecule has 1 saturated carbocycles. The summed E-state index contributed by atoms with van der Waals surface area (Å²) in [7, 11) is 1.63. The average Bonchev–Trinajstić information content (AvgIpc) is 3.13. The lowest BCUT2D eigenvalue weighted by Gasteiger charge is -2.38. The van der Waals surface area contributed by atoms with Crippen LogP contribution in [0.4, 0.5) is 11.8 Å². The minimum Gasteiger partial charge on any atom is -0.481 e. The third-order valence-electron chi connectivity index (χ3n) is 6.91. The second kappa shape index (κ2) is 11.3. The minimum atomic E-state index is 0.0566. The number of anilines is 2. The lowest BCUT2D eigenvalue weighted by molar-refractivity contribution is 0.292. The molecular formula is C25H34ClN5OS. The van der Waals surface area contributed by atoms with Gasteiger partial charge in [-0.05, 0) is 55.6 Å². The van der Waals surface area contributed by atoms with Gasteiger partial charge in [-0.15, -0.1) is 0 Å². The zero-order chi connectivity index (χ0) is 23.1. The first-order valence-corrected chi connectivity index (χ1v) is 12.9. The van der Waals surface area contributed by atoms with E-state index < -0.39 is 0 Å². The molecular weight excluding hydrogens is 454 g/mol. The Morgan fingerprint density at radius 1 is 1.03 bits per heavy atom. The zero-order valence-electron chi connectivity index (χ0n) is 19.4. The molecule has 0 atom stereocenters. The summed E-state index contributed by atoms with van der Waals surface area (Å²) in [6, 6.07) is 10.2. The van der Waals surface area contributed by atoms with E-state index in [9.17, 15) is 0 Å². The minimum absolute atomic E-state index is 0.0566. The van der Waals surface area contributed by atoms with Gasteiger partial charge in [0.1, 0.15) is 5.82 Å². The molecule has 178 valence electrons. The number of nitrogens with one attached hydrogen (secondary N) is 2. The number of nitrogens with zero attached hydrogens (tertiary/aromatic N) is 3. The van der Waals surface area contributed by atoms with Crippen LogP contribution in [0.5, 0.6) is 5.88 Å². The summed E-state index contributed by atoms with van der Waals surface area (Å²) in [6.07, 6.45) is 10.9. The molecule has 2 aromatic rings. The van der Waals surface area contributed by atoms with Crippen LogP contribution in [-0.4, -0.2) is 41.8 Å². The van der Waals surface area contributed by atoms with Gasteiger partial charge in [-0.3, -0.25) is 0 Å². The number of hydrogen-bond acceptors (Lipinski definition) is 5. The Bertz CT molecular complexity index is 925. The Morgan fingerprint density at radius 2 is 1.70 bits per heavy atom. The van der Waals surface area contributed by atoms with Crippen LogP contribution in [0.3, 0.4) is 0 Å². The standard InChI is InChI=1S/C25H34ClN5OS/c1-32-22-17-21(31-15-7-2-3-8-16-31)28-23(29-22)30-24(33)27-18-25(13-5-4-6-14-25)19-9-11-20(26)12-10-19/h9-12,17H,2-8,13-16,18H2,1H3,(H2,27,28,29,30,33). The van der Waals surface area contributed by atoms with E-state index in [0.717, 1.165) is 43.3 Å². The van der Waals surface area contributed by atoms with Crippen molar-refractivity contribution in [3.63, 3.8) is 0 Å². The monoisotopic (exact) mass is 487 g/mol. The molecule has 1 saturated heterocycles. The summed E-state index contributed by atoms with van der Waals surface area (Å²) in [4.78, 5) is 11.5. The third-order valence-corrected chi connectivity index (χ3v) is 7.41. The van der Waals surface area contributed by atoms with Crippen molar-refractivity contribution in [2.75, 3.05) is 37.0 Å². The van der Waals surface area contributed by atoms with Crippen LogP contribution in [0.2, 0.25) is 5.02 Å². The van der Waals surface area contributed by atoms with Gasteiger partial charge >= 0.3 is 0 Å². The summed E-state index contributed by atoms with van der Waals surface area (Å²) >= 11 is 11.8. The second-order valence-electron chi connectivity index (χ2n) is 9.15. The molecule has 33 heavy (non-hydrogen) atoms. The molecule has 1 aliphatic carbocycles. The molecule has 2 N–H and O–H groups in total. The van der Waals surface area contributed by atoms with Gasteiger partial charge in [0, 0.05) is 36.1 Å². The highest BCUT2D eigenvalue weighted by molar-refractivity contribution is 7.80. The molecule has 0 spiro atoms. The van der Waals surface area contributed by atoms with Crippen LogP contribution in [0.25, 0.3) is 0 Å². The van der Waals surface area contributed by atoms with E-state index >= 15 is 0 Å². The van der Waals surface area contributed by atoms with Crippen LogP contribution in [-0.2, 0) is 5.41 Å². The molecule has 2 aliphatic rings. The molecule has 0 unspecified atom stereocenters. The number of methoxy groups -OCH3 is 1. The Labute approximate surface area is 207 Å². The Balaban J connectivity index is 1.45. The zero-order valence-corrected chi connectivity index (χ0v) is 21.0. The first kappa shape index (κ1) is 24.0. The first-order chi connectivity index (χ1) is 16.1. The quantitative estimate of drug-likeness (QED) is 0.506. The lowest BCUT2D eigenvalue weighted by Crippen LogP contribution is -2.43. The van der Waals surface area contributed by atoms with Crippen molar-refractivity contribution in [1.29, 1.82) is 0 Å². The van der Waals surface area contributed by atoms with E-state index in [4.69, 9.17) is 33.5 Å². The number of benzene rings is 1. The van der Waals surface area contributed by atoms with Crippen molar-refractivity contribution in [2.24, 2.45) is 0 Å². The Morgan fingerprint density at radius 3 is 2.36 bits per heavy atom. The summed E-state index contributed by atoms with van der Waals surface area (Å²) in [5.41, 5.74) is 1.38. The lowest BCUT2D eigenvalue weighted by atomic mass is 9.69. The predicted molar refractivity (Wildman–Crippen MR) is 140 cm³/mol. The first-order valence-electron chi connectivity index (χ1n) is 12.1. The summed E-state index contributed by atoms with van der Waals surface area (Å²) in [5.74, 6) is 1.90. The van der Waals surface area contributed by atoms with E-state index in [1.807, 2.05) is 18.2 Å². The van der Waals surface area contributed by atoms with E-state index in [0.29, 0.717) is 16.9 Å². The molecule has 0 bridgehead atoms. The van der Waals surface area contributed by atoms with Crippen molar-refractivity contribution in [3.05, 3.63) is 40.9 Å². The van der Waals surface area contributed by atoms with Crippen LogP contribution < -0.4 is 20.3 Å². The van der Waals surface area contributed by atoms with E-state index in [2.05, 4.69) is 32.7 Å². The fraction of sp³-hybridized carbons (Fsp3) is 0.560. The van der Waals surface area contributed by atoms with Gasteiger partial charge in [0.2, 0.25) is 11.8 Å². The third kappa shape index (κ3) is 6.27. The summed E-state index contributed by atoms with van der Waals surface area (Å²) in [6.45, 7) is 2.78. The summed E-state index contributed by atoms with van der Waals surface area (Å²) < 4.78 is 5.45. The number of thiocarbonyl (C=S) groups is 1. The molecule has 2 fully saturated rings. The second-order valence-corrected chi connectivity index (χ2v) is 9.99. The SMILES string of the molecule is COc1cc(N2CCCCCC2)nc(NC(=S)NCC2(c3ccc(Cl)cc3)CCCCC2)n1. The topological polar surface area (TPSA) is 62.3 Å². The van der Waals surface area contributed by atoms with Gasteiger partial charge in [-0.2, -0.15) is 9.97 Å². The highest BCUT2D eigenvalue weighted by atomic mass is 35.5. The normalized spacial score (nSPS) is 18.3. The maximum absolute atomic E-state index is 6.14. The molecule has 1 aromatic heterocycles. The van der Waals surface area contributed by atoms with Crippen molar-refractivity contribution >= 4 is 40.7 Å². The van der Waals surface area contributed by atoms with Gasteiger partial charge in [0.25, 0.3) is 0 Å². The maximum Gasteiger partial charge on any atom is 0.234 e. The van der Waals surface area contributed by atoms with Gasteiger partial charge in [0.05, 0.1) is 7.11 Å². The number of rotatable bonds is 6. The van der Waals surface area contributed by atoms with Gasteiger partial charge in [0.15, 0.2) is 5.11 Å². The highest BCUT2D eigenvalue weighted by Crippen LogP contribution is 2.39. The van der Waals surface area contributed by atoms with Gasteiger partial charge < -0.3 is 20.3 Å².